The quantitative estimate of drug-likeness (QED) is 0.677. The van der Waals surface area contributed by atoms with E-state index in [-0.39, 0.29) is 17.2 Å². The summed E-state index contributed by atoms with van der Waals surface area (Å²) in [7, 11) is 0. The number of aliphatic carboxylic acids is 1. The second-order valence-electron chi connectivity index (χ2n) is 7.85. The van der Waals surface area contributed by atoms with Gasteiger partial charge in [-0.15, -0.1) is 0 Å². The number of amides is 1. The smallest absolute Gasteiger partial charge is 0.325 e. The monoisotopic (exact) mass is 407 g/mol. The zero-order chi connectivity index (χ0) is 21.3. The highest BCUT2D eigenvalue weighted by atomic mass is 16.4. The van der Waals surface area contributed by atoms with Gasteiger partial charge in [-0.1, -0.05) is 37.5 Å². The molecule has 0 aliphatic heterocycles. The first-order valence-corrected chi connectivity index (χ1v) is 10.3. The van der Waals surface area contributed by atoms with Gasteiger partial charge in [-0.25, -0.2) is 4.68 Å². The Bertz CT molecular complexity index is 1140. The number of para-hydroxylation sites is 1. The maximum atomic E-state index is 13.4. The summed E-state index contributed by atoms with van der Waals surface area (Å²) in [6, 6.07) is 13.7. The van der Waals surface area contributed by atoms with E-state index in [2.05, 4.69) is 10.00 Å². The second-order valence-corrected chi connectivity index (χ2v) is 7.85. The number of nitrogens with zero attached hydrogens (tertiary/aromatic N) is 2. The highest BCUT2D eigenvalue weighted by molar-refractivity contribution is 5.99. The Labute approximate surface area is 173 Å². The van der Waals surface area contributed by atoms with Gasteiger partial charge in [0.15, 0.2) is 0 Å². The Kier molecular flexibility index (Phi) is 5.44. The van der Waals surface area contributed by atoms with Gasteiger partial charge in [0.1, 0.15) is 6.04 Å². The number of nitrogens with one attached hydrogen (secondary N) is 1. The third-order valence-electron chi connectivity index (χ3n) is 5.78. The van der Waals surface area contributed by atoms with Crippen LogP contribution in [0.25, 0.3) is 16.6 Å². The third kappa shape index (κ3) is 3.63. The molecular formula is C23H25N3O4. The van der Waals surface area contributed by atoms with Crippen LogP contribution in [0.1, 0.15) is 55.4 Å². The fourth-order valence-electron chi connectivity index (χ4n) is 4.21. The summed E-state index contributed by atoms with van der Waals surface area (Å²) in [5.41, 5.74) is 1.67. The van der Waals surface area contributed by atoms with Crippen LogP contribution in [0.4, 0.5) is 0 Å². The summed E-state index contributed by atoms with van der Waals surface area (Å²) in [5.74, 6) is -1.62. The molecule has 1 amide bonds. The lowest BCUT2D eigenvalue weighted by Crippen LogP contribution is -2.38. The van der Waals surface area contributed by atoms with Crippen molar-refractivity contribution in [3.8, 4) is 5.69 Å². The summed E-state index contributed by atoms with van der Waals surface area (Å²) < 4.78 is 3.79. The van der Waals surface area contributed by atoms with Crippen molar-refractivity contribution in [2.75, 3.05) is 0 Å². The van der Waals surface area contributed by atoms with Gasteiger partial charge in [0, 0.05) is 5.56 Å². The standard InChI is InChI=1S/C23H25N3O4/c1-15(23(29)30)24-21(27)16-12-13-20-19(14-16)22(28)26(18-10-6-3-7-11-18)25(20)17-8-4-2-5-9-17/h3,6-7,10-15,17H,2,4-5,8-9H2,1H3,(H,24,27)(H,29,30)/t15-/m0/s1. The average Bonchev–Trinajstić information content (AvgIpc) is 3.06. The molecular weight excluding hydrogens is 382 g/mol. The van der Waals surface area contributed by atoms with Crippen molar-refractivity contribution in [3.63, 3.8) is 0 Å². The first kappa shape index (κ1) is 19.9. The molecule has 0 spiro atoms. The summed E-state index contributed by atoms with van der Waals surface area (Å²) in [5, 5.41) is 11.9. The van der Waals surface area contributed by atoms with Gasteiger partial charge in [-0.05, 0) is 50.1 Å². The molecule has 3 aromatic rings. The molecule has 4 rings (SSSR count). The van der Waals surface area contributed by atoms with E-state index in [9.17, 15) is 14.4 Å². The lowest BCUT2D eigenvalue weighted by atomic mass is 9.95. The average molecular weight is 407 g/mol. The zero-order valence-electron chi connectivity index (χ0n) is 16.9. The van der Waals surface area contributed by atoms with E-state index in [1.54, 1.807) is 22.9 Å². The van der Waals surface area contributed by atoms with Gasteiger partial charge in [-0.2, -0.15) is 0 Å². The maximum absolute atomic E-state index is 13.4. The molecule has 0 unspecified atom stereocenters. The van der Waals surface area contributed by atoms with Crippen LogP contribution in [0.15, 0.2) is 53.3 Å². The number of carboxylic acid groups (broad SMARTS) is 1. The number of hydrogen-bond donors (Lipinski definition) is 2. The normalized spacial score (nSPS) is 15.8. The van der Waals surface area contributed by atoms with Crippen LogP contribution in [-0.4, -0.2) is 32.4 Å². The predicted octanol–water partition coefficient (Wildman–Crippen LogP) is 3.50. The van der Waals surface area contributed by atoms with E-state index in [1.807, 2.05) is 30.3 Å². The Balaban J connectivity index is 1.85. The van der Waals surface area contributed by atoms with Crippen molar-refractivity contribution in [1.82, 2.24) is 14.7 Å². The molecule has 7 heteroatoms. The molecule has 0 bridgehead atoms. The van der Waals surface area contributed by atoms with Crippen LogP contribution < -0.4 is 10.9 Å². The summed E-state index contributed by atoms with van der Waals surface area (Å²) >= 11 is 0. The van der Waals surface area contributed by atoms with Gasteiger partial charge in [0.2, 0.25) is 0 Å². The maximum Gasteiger partial charge on any atom is 0.325 e. The first-order valence-electron chi connectivity index (χ1n) is 10.3. The molecule has 1 aliphatic rings. The summed E-state index contributed by atoms with van der Waals surface area (Å²) in [6.45, 7) is 1.40. The first-order chi connectivity index (χ1) is 14.5. The molecule has 30 heavy (non-hydrogen) atoms. The number of carbonyl (C=O) groups is 2. The molecule has 0 saturated heterocycles. The van der Waals surface area contributed by atoms with Gasteiger partial charge >= 0.3 is 5.97 Å². The third-order valence-corrected chi connectivity index (χ3v) is 5.78. The van der Waals surface area contributed by atoms with Crippen molar-refractivity contribution >= 4 is 22.8 Å². The molecule has 2 N–H and O–H groups in total. The lowest BCUT2D eigenvalue weighted by Gasteiger charge is -2.26. The number of hydrogen-bond acceptors (Lipinski definition) is 3. The van der Waals surface area contributed by atoms with Gasteiger partial charge < -0.3 is 10.4 Å². The van der Waals surface area contributed by atoms with Crippen molar-refractivity contribution in [3.05, 3.63) is 64.4 Å². The number of benzene rings is 2. The van der Waals surface area contributed by atoms with E-state index in [4.69, 9.17) is 5.11 Å². The minimum Gasteiger partial charge on any atom is -0.480 e. The zero-order valence-corrected chi connectivity index (χ0v) is 16.9. The Hall–Kier alpha value is -3.35. The molecule has 1 atom stereocenters. The molecule has 7 nitrogen and oxygen atoms in total. The van der Waals surface area contributed by atoms with Gasteiger partial charge in [-0.3, -0.25) is 19.1 Å². The molecule has 1 heterocycles. The van der Waals surface area contributed by atoms with Gasteiger partial charge in [0.05, 0.1) is 22.6 Å². The number of aromatic nitrogens is 2. The number of carboxylic acids is 1. The van der Waals surface area contributed by atoms with Gasteiger partial charge in [0.25, 0.3) is 11.5 Å². The molecule has 1 aliphatic carbocycles. The fraction of sp³-hybridized carbons (Fsp3) is 0.348. The molecule has 2 aromatic carbocycles. The van der Waals surface area contributed by atoms with E-state index in [0.717, 1.165) is 36.9 Å². The number of fused-ring (bicyclic) bond motifs is 1. The number of rotatable bonds is 5. The van der Waals surface area contributed by atoms with Crippen LogP contribution in [0.2, 0.25) is 0 Å². The fourth-order valence-corrected chi connectivity index (χ4v) is 4.21. The van der Waals surface area contributed by atoms with Crippen molar-refractivity contribution in [1.29, 1.82) is 0 Å². The summed E-state index contributed by atoms with van der Waals surface area (Å²) in [4.78, 5) is 36.9. The Morgan fingerprint density at radius 1 is 1.07 bits per heavy atom. The minimum atomic E-state index is -1.11. The van der Waals surface area contributed by atoms with Crippen molar-refractivity contribution < 1.29 is 14.7 Å². The van der Waals surface area contributed by atoms with Crippen molar-refractivity contribution in [2.45, 2.75) is 51.1 Å². The minimum absolute atomic E-state index is 0.178. The lowest BCUT2D eigenvalue weighted by molar-refractivity contribution is -0.138. The second kappa shape index (κ2) is 8.18. The highest BCUT2D eigenvalue weighted by Gasteiger charge is 2.24. The van der Waals surface area contributed by atoms with E-state index in [1.165, 1.54) is 13.3 Å². The summed E-state index contributed by atoms with van der Waals surface area (Å²) in [6.07, 6.45) is 5.47. The van der Waals surface area contributed by atoms with E-state index in [0.29, 0.717) is 5.39 Å². The van der Waals surface area contributed by atoms with Crippen LogP contribution in [0.5, 0.6) is 0 Å². The molecule has 1 fully saturated rings. The van der Waals surface area contributed by atoms with Crippen LogP contribution >= 0.6 is 0 Å². The van der Waals surface area contributed by atoms with Crippen LogP contribution in [0, 0.1) is 0 Å². The van der Waals surface area contributed by atoms with Crippen molar-refractivity contribution in [2.24, 2.45) is 0 Å². The van der Waals surface area contributed by atoms with Crippen LogP contribution in [-0.2, 0) is 4.79 Å². The topological polar surface area (TPSA) is 93.3 Å². The molecule has 156 valence electrons. The largest absolute Gasteiger partial charge is 0.480 e. The SMILES string of the molecule is C[C@H](NC(=O)c1ccc2c(c1)c(=O)n(-c1ccccc1)n2C1CCCCC1)C(=O)O. The predicted molar refractivity (Wildman–Crippen MR) is 114 cm³/mol. The Morgan fingerprint density at radius 2 is 1.77 bits per heavy atom. The molecule has 1 aromatic heterocycles. The molecule has 1 saturated carbocycles. The van der Waals surface area contributed by atoms with Crippen LogP contribution in [0.3, 0.4) is 0 Å². The van der Waals surface area contributed by atoms with E-state index >= 15 is 0 Å². The molecule has 0 radical (unpaired) electrons. The number of carbonyl (C=O) groups excluding carboxylic acids is 1. The Morgan fingerprint density at radius 3 is 2.43 bits per heavy atom. The van der Waals surface area contributed by atoms with E-state index < -0.39 is 17.9 Å². The highest BCUT2D eigenvalue weighted by Crippen LogP contribution is 2.31.